The van der Waals surface area contributed by atoms with Crippen LogP contribution >= 0.6 is 0 Å². The van der Waals surface area contributed by atoms with Crippen LogP contribution in [-0.4, -0.2) is 9.97 Å². The fraction of sp³-hybridized carbons (Fsp3) is 0. The summed E-state index contributed by atoms with van der Waals surface area (Å²) in [6.45, 7) is 0. The molecule has 0 atom stereocenters. The second kappa shape index (κ2) is 8.89. The van der Waals surface area contributed by atoms with Crippen molar-refractivity contribution in [1.82, 2.24) is 9.97 Å². The molecule has 2 aromatic heterocycles. The largest absolute Gasteiger partial charge is 0.438 e. The number of hydrogen-bond donors (Lipinski definition) is 0. The van der Waals surface area contributed by atoms with E-state index in [1.807, 2.05) is 30.3 Å². The van der Waals surface area contributed by atoms with Gasteiger partial charge in [-0.15, -0.1) is 0 Å². The highest BCUT2D eigenvalue weighted by atomic mass is 16.3. The summed E-state index contributed by atoms with van der Waals surface area (Å²) in [5, 5.41) is 1.95. The zero-order valence-electron chi connectivity index (χ0n) is 20.0. The third-order valence-corrected chi connectivity index (χ3v) is 6.73. The summed E-state index contributed by atoms with van der Waals surface area (Å²) in [6.07, 6.45) is 0. The van der Waals surface area contributed by atoms with E-state index in [1.54, 1.807) is 0 Å². The van der Waals surface area contributed by atoms with E-state index in [4.69, 9.17) is 14.4 Å². The lowest BCUT2D eigenvalue weighted by Crippen LogP contribution is -1.94. The third-order valence-electron chi connectivity index (χ3n) is 6.73. The van der Waals surface area contributed by atoms with Crippen molar-refractivity contribution < 1.29 is 4.42 Å². The van der Waals surface area contributed by atoms with Gasteiger partial charge in [-0.2, -0.15) is 4.98 Å². The zero-order chi connectivity index (χ0) is 24.6. The Labute approximate surface area is 214 Å². The van der Waals surface area contributed by atoms with Crippen LogP contribution in [-0.2, 0) is 0 Å². The van der Waals surface area contributed by atoms with Gasteiger partial charge in [0.25, 0.3) is 0 Å². The number of rotatable bonds is 4. The van der Waals surface area contributed by atoms with Gasteiger partial charge in [-0.05, 0) is 34.4 Å². The van der Waals surface area contributed by atoms with Gasteiger partial charge in [0.15, 0.2) is 5.82 Å². The Morgan fingerprint density at radius 3 is 1.76 bits per heavy atom. The van der Waals surface area contributed by atoms with Crippen LogP contribution in [0, 0.1) is 0 Å². The summed E-state index contributed by atoms with van der Waals surface area (Å²) in [5.41, 5.74) is 8.91. The van der Waals surface area contributed by atoms with Crippen LogP contribution in [0.3, 0.4) is 0 Å². The topological polar surface area (TPSA) is 38.9 Å². The standard InChI is InChI=1S/C34H22N2O/c1-3-10-23(11-4-1)25-18-20-26(21-19-25)33-35-32(31-29-16-7-8-17-30(29)37-34(31)36-33)28-15-9-14-27(22-28)24-12-5-2-6-13-24/h1-22H. The molecule has 0 saturated heterocycles. The van der Waals surface area contributed by atoms with Crippen molar-refractivity contribution in [2.45, 2.75) is 0 Å². The lowest BCUT2D eigenvalue weighted by atomic mass is 9.99. The number of hydrogen-bond acceptors (Lipinski definition) is 3. The molecule has 7 aromatic rings. The van der Waals surface area contributed by atoms with E-state index in [2.05, 4.69) is 103 Å². The molecule has 0 spiro atoms. The number of aromatic nitrogens is 2. The lowest BCUT2D eigenvalue weighted by molar-refractivity contribution is 0.653. The molecule has 0 amide bonds. The molecule has 3 nitrogen and oxygen atoms in total. The Kier molecular flexibility index (Phi) is 5.11. The minimum absolute atomic E-state index is 0.596. The van der Waals surface area contributed by atoms with E-state index < -0.39 is 0 Å². The fourth-order valence-electron chi connectivity index (χ4n) is 4.88. The minimum Gasteiger partial charge on any atom is -0.438 e. The Balaban J connectivity index is 1.42. The Bertz CT molecular complexity index is 1850. The first-order chi connectivity index (χ1) is 18.3. The molecule has 0 aliphatic rings. The maximum Gasteiger partial charge on any atom is 0.231 e. The van der Waals surface area contributed by atoms with Gasteiger partial charge in [0.1, 0.15) is 5.58 Å². The molecule has 0 bridgehead atoms. The lowest BCUT2D eigenvalue weighted by Gasteiger charge is -2.09. The van der Waals surface area contributed by atoms with Crippen LogP contribution in [0.5, 0.6) is 0 Å². The molecule has 0 aliphatic heterocycles. The molecule has 0 fully saturated rings. The van der Waals surface area contributed by atoms with Gasteiger partial charge in [-0.1, -0.05) is 121 Å². The Hall–Kier alpha value is -5.02. The molecule has 0 saturated carbocycles. The summed E-state index contributed by atoms with van der Waals surface area (Å²) >= 11 is 0. The minimum atomic E-state index is 0.596. The van der Waals surface area contributed by atoms with Crippen LogP contribution in [0.4, 0.5) is 0 Å². The van der Waals surface area contributed by atoms with Crippen molar-refractivity contribution in [3.05, 3.63) is 133 Å². The molecule has 2 heterocycles. The second-order valence-corrected chi connectivity index (χ2v) is 9.06. The second-order valence-electron chi connectivity index (χ2n) is 9.06. The molecular weight excluding hydrogens is 452 g/mol. The normalized spacial score (nSPS) is 11.2. The van der Waals surface area contributed by atoms with Gasteiger partial charge in [0, 0.05) is 16.5 Å². The van der Waals surface area contributed by atoms with Crippen molar-refractivity contribution in [1.29, 1.82) is 0 Å². The number of fused-ring (bicyclic) bond motifs is 3. The van der Waals surface area contributed by atoms with E-state index in [-0.39, 0.29) is 0 Å². The summed E-state index contributed by atoms with van der Waals surface area (Å²) in [5.74, 6) is 0.645. The summed E-state index contributed by atoms with van der Waals surface area (Å²) in [4.78, 5) is 10.0. The molecule has 7 rings (SSSR count). The molecule has 5 aromatic carbocycles. The van der Waals surface area contributed by atoms with Gasteiger partial charge in [-0.3, -0.25) is 0 Å². The van der Waals surface area contributed by atoms with Crippen molar-refractivity contribution in [2.24, 2.45) is 0 Å². The predicted molar refractivity (Wildman–Crippen MR) is 151 cm³/mol. The fourth-order valence-corrected chi connectivity index (χ4v) is 4.88. The number of furan rings is 1. The zero-order valence-corrected chi connectivity index (χ0v) is 20.0. The first-order valence-electron chi connectivity index (χ1n) is 12.3. The first kappa shape index (κ1) is 21.3. The van der Waals surface area contributed by atoms with E-state index >= 15 is 0 Å². The Morgan fingerprint density at radius 1 is 0.432 bits per heavy atom. The van der Waals surface area contributed by atoms with Crippen LogP contribution in [0.25, 0.3) is 67.0 Å². The van der Waals surface area contributed by atoms with Crippen molar-refractivity contribution in [2.75, 3.05) is 0 Å². The first-order valence-corrected chi connectivity index (χ1v) is 12.3. The van der Waals surface area contributed by atoms with Gasteiger partial charge >= 0.3 is 0 Å². The quantitative estimate of drug-likeness (QED) is 0.255. The monoisotopic (exact) mass is 474 g/mol. The number of nitrogens with zero attached hydrogens (tertiary/aromatic N) is 2. The molecular formula is C34H22N2O. The molecule has 0 aliphatic carbocycles. The molecule has 37 heavy (non-hydrogen) atoms. The van der Waals surface area contributed by atoms with E-state index in [0.717, 1.165) is 44.3 Å². The van der Waals surface area contributed by atoms with Crippen LogP contribution in [0.1, 0.15) is 0 Å². The van der Waals surface area contributed by atoms with Crippen molar-refractivity contribution in [3.63, 3.8) is 0 Å². The van der Waals surface area contributed by atoms with E-state index in [9.17, 15) is 0 Å². The summed E-state index contributed by atoms with van der Waals surface area (Å²) < 4.78 is 6.23. The number of benzene rings is 5. The van der Waals surface area contributed by atoms with Crippen molar-refractivity contribution >= 4 is 22.1 Å². The summed E-state index contributed by atoms with van der Waals surface area (Å²) in [6, 6.07) is 45.8. The predicted octanol–water partition coefficient (Wildman–Crippen LogP) is 9.04. The third kappa shape index (κ3) is 3.87. The van der Waals surface area contributed by atoms with Crippen LogP contribution in [0.15, 0.2) is 138 Å². The molecule has 3 heteroatoms. The highest BCUT2D eigenvalue weighted by Crippen LogP contribution is 2.37. The van der Waals surface area contributed by atoms with E-state index in [1.165, 1.54) is 11.1 Å². The average Bonchev–Trinajstić information content (AvgIpc) is 3.36. The van der Waals surface area contributed by atoms with Gasteiger partial charge in [0.05, 0.1) is 11.1 Å². The van der Waals surface area contributed by atoms with Crippen molar-refractivity contribution in [3.8, 4) is 44.9 Å². The highest BCUT2D eigenvalue weighted by Gasteiger charge is 2.18. The SMILES string of the molecule is c1ccc(-c2ccc(-c3nc(-c4cccc(-c5ccccc5)c4)c4c(n3)oc3ccccc34)cc2)cc1. The smallest absolute Gasteiger partial charge is 0.231 e. The highest BCUT2D eigenvalue weighted by molar-refractivity contribution is 6.10. The summed E-state index contributed by atoms with van der Waals surface area (Å²) in [7, 11) is 0. The molecule has 0 unspecified atom stereocenters. The number of para-hydroxylation sites is 1. The molecule has 0 N–H and O–H groups in total. The average molecular weight is 475 g/mol. The van der Waals surface area contributed by atoms with Crippen LogP contribution < -0.4 is 0 Å². The van der Waals surface area contributed by atoms with Gasteiger partial charge in [0.2, 0.25) is 5.71 Å². The maximum absolute atomic E-state index is 6.23. The van der Waals surface area contributed by atoms with Gasteiger partial charge in [-0.25, -0.2) is 4.98 Å². The van der Waals surface area contributed by atoms with Crippen LogP contribution in [0.2, 0.25) is 0 Å². The van der Waals surface area contributed by atoms with Gasteiger partial charge < -0.3 is 4.42 Å². The Morgan fingerprint density at radius 2 is 1.00 bits per heavy atom. The maximum atomic E-state index is 6.23. The molecule has 0 radical (unpaired) electrons. The van der Waals surface area contributed by atoms with E-state index in [0.29, 0.717) is 11.5 Å². The molecule has 174 valence electrons.